The molecule has 1 heterocycles. The van der Waals surface area contributed by atoms with Gasteiger partial charge in [-0.2, -0.15) is 0 Å². The largest absolute Gasteiger partial charge is 0.496 e. The summed E-state index contributed by atoms with van der Waals surface area (Å²) in [6.07, 6.45) is 0.506. The highest BCUT2D eigenvalue weighted by Gasteiger charge is 2.19. The van der Waals surface area contributed by atoms with Crippen LogP contribution in [0.15, 0.2) is 42.5 Å². The first-order chi connectivity index (χ1) is 12.6. The monoisotopic (exact) mass is 373 g/mol. The maximum absolute atomic E-state index is 13.0. The highest BCUT2D eigenvalue weighted by atomic mass is 32.1. The molecule has 0 aliphatic heterocycles. The maximum atomic E-state index is 13.0. The second-order valence-electron chi connectivity index (χ2n) is 5.30. The normalized spacial score (nSPS) is 10.4. The van der Waals surface area contributed by atoms with Crippen molar-refractivity contribution in [2.24, 2.45) is 0 Å². The standard InChI is InChI=1S/C18H16FN3O3S/c1-24-13-4-3-5-14(25-2)16(13)17(23)20-18-22-21-15(26-18)10-11-6-8-12(19)9-7-11/h3-9H,10H2,1-2H3,(H,20,22,23). The third-order valence-corrected chi connectivity index (χ3v) is 4.45. The fourth-order valence-electron chi connectivity index (χ4n) is 2.39. The van der Waals surface area contributed by atoms with Gasteiger partial charge in [-0.1, -0.05) is 29.5 Å². The minimum absolute atomic E-state index is 0.285. The zero-order valence-electron chi connectivity index (χ0n) is 14.2. The molecule has 1 amide bonds. The zero-order chi connectivity index (χ0) is 18.5. The van der Waals surface area contributed by atoms with Crippen molar-refractivity contribution in [3.8, 4) is 11.5 Å². The molecule has 0 aliphatic carbocycles. The predicted molar refractivity (Wildman–Crippen MR) is 96.6 cm³/mol. The molecule has 0 spiro atoms. The fourth-order valence-corrected chi connectivity index (χ4v) is 3.16. The number of aromatic nitrogens is 2. The Morgan fingerprint density at radius 3 is 2.35 bits per heavy atom. The third-order valence-electron chi connectivity index (χ3n) is 3.61. The smallest absolute Gasteiger partial charge is 0.265 e. The van der Waals surface area contributed by atoms with Crippen molar-refractivity contribution < 1.29 is 18.7 Å². The molecule has 0 radical (unpaired) electrons. The molecule has 0 fully saturated rings. The lowest BCUT2D eigenvalue weighted by molar-refractivity contribution is 0.102. The lowest BCUT2D eigenvalue weighted by Crippen LogP contribution is -2.14. The van der Waals surface area contributed by atoms with Crippen LogP contribution in [0.2, 0.25) is 0 Å². The van der Waals surface area contributed by atoms with Crippen molar-refractivity contribution in [3.63, 3.8) is 0 Å². The van der Waals surface area contributed by atoms with Gasteiger partial charge >= 0.3 is 0 Å². The van der Waals surface area contributed by atoms with E-state index in [2.05, 4.69) is 15.5 Å². The molecule has 0 unspecified atom stereocenters. The average Bonchev–Trinajstić information content (AvgIpc) is 3.09. The van der Waals surface area contributed by atoms with Crippen LogP contribution in [-0.2, 0) is 6.42 Å². The molecule has 0 saturated heterocycles. The summed E-state index contributed by atoms with van der Waals surface area (Å²) in [5.41, 5.74) is 1.19. The van der Waals surface area contributed by atoms with Crippen molar-refractivity contribution in [3.05, 3.63) is 64.4 Å². The number of nitrogens with one attached hydrogen (secondary N) is 1. The first-order valence-corrected chi connectivity index (χ1v) is 8.51. The molecular weight excluding hydrogens is 357 g/mol. The molecule has 0 saturated carbocycles. The second kappa shape index (κ2) is 7.92. The number of benzene rings is 2. The molecule has 1 aromatic heterocycles. The summed E-state index contributed by atoms with van der Waals surface area (Å²) in [6, 6.07) is 11.3. The van der Waals surface area contributed by atoms with E-state index in [1.54, 1.807) is 30.3 Å². The Balaban J connectivity index is 1.75. The zero-order valence-corrected chi connectivity index (χ0v) is 15.0. The molecule has 1 N–H and O–H groups in total. The Labute approximate surface area is 153 Å². The molecule has 0 bridgehead atoms. The number of carbonyl (C=O) groups is 1. The Morgan fingerprint density at radius 1 is 1.08 bits per heavy atom. The summed E-state index contributed by atoms with van der Waals surface area (Å²) in [7, 11) is 2.97. The number of methoxy groups -OCH3 is 2. The number of rotatable bonds is 6. The van der Waals surface area contributed by atoms with E-state index in [0.29, 0.717) is 28.1 Å². The topological polar surface area (TPSA) is 73.3 Å². The first kappa shape index (κ1) is 17.8. The van der Waals surface area contributed by atoms with Crippen molar-refractivity contribution in [2.45, 2.75) is 6.42 Å². The van der Waals surface area contributed by atoms with Gasteiger partial charge in [-0.25, -0.2) is 4.39 Å². The number of nitrogens with zero attached hydrogens (tertiary/aromatic N) is 2. The van der Waals surface area contributed by atoms with E-state index in [4.69, 9.17) is 9.47 Å². The van der Waals surface area contributed by atoms with Gasteiger partial charge in [-0.3, -0.25) is 10.1 Å². The summed E-state index contributed by atoms with van der Waals surface area (Å²) in [4.78, 5) is 12.6. The number of anilines is 1. The van der Waals surface area contributed by atoms with Crippen LogP contribution >= 0.6 is 11.3 Å². The van der Waals surface area contributed by atoms with Gasteiger partial charge in [-0.05, 0) is 29.8 Å². The summed E-state index contributed by atoms with van der Waals surface area (Å²) < 4.78 is 23.4. The summed E-state index contributed by atoms with van der Waals surface area (Å²) in [6.45, 7) is 0. The fraction of sp³-hybridized carbons (Fsp3) is 0.167. The lowest BCUT2D eigenvalue weighted by atomic mass is 10.1. The second-order valence-corrected chi connectivity index (χ2v) is 6.36. The van der Waals surface area contributed by atoms with Gasteiger partial charge in [0.25, 0.3) is 5.91 Å². The molecule has 3 rings (SSSR count). The Kier molecular flexibility index (Phi) is 5.43. The number of hydrogen-bond acceptors (Lipinski definition) is 6. The van der Waals surface area contributed by atoms with E-state index in [1.807, 2.05) is 0 Å². The number of hydrogen-bond donors (Lipinski definition) is 1. The number of ether oxygens (including phenoxy) is 2. The number of amides is 1. The Hall–Kier alpha value is -3.00. The molecular formula is C18H16FN3O3S. The molecule has 3 aromatic rings. The highest BCUT2D eigenvalue weighted by Crippen LogP contribution is 2.29. The van der Waals surface area contributed by atoms with Crippen LogP contribution in [0.1, 0.15) is 20.9 Å². The molecule has 134 valence electrons. The van der Waals surface area contributed by atoms with Crippen LogP contribution < -0.4 is 14.8 Å². The van der Waals surface area contributed by atoms with Gasteiger partial charge in [0.05, 0.1) is 14.2 Å². The van der Waals surface area contributed by atoms with Gasteiger partial charge in [0, 0.05) is 6.42 Å². The van der Waals surface area contributed by atoms with Crippen molar-refractivity contribution in [1.29, 1.82) is 0 Å². The molecule has 2 aromatic carbocycles. The molecule has 26 heavy (non-hydrogen) atoms. The Bertz CT molecular complexity index is 890. The first-order valence-electron chi connectivity index (χ1n) is 7.70. The minimum Gasteiger partial charge on any atom is -0.496 e. The minimum atomic E-state index is -0.399. The Morgan fingerprint density at radius 2 is 1.73 bits per heavy atom. The summed E-state index contributed by atoms with van der Waals surface area (Å²) in [5, 5.41) is 11.8. The van der Waals surface area contributed by atoms with Gasteiger partial charge in [0.1, 0.15) is 27.9 Å². The average molecular weight is 373 g/mol. The van der Waals surface area contributed by atoms with Crippen molar-refractivity contribution >= 4 is 22.4 Å². The SMILES string of the molecule is COc1cccc(OC)c1C(=O)Nc1nnc(Cc2ccc(F)cc2)s1. The van der Waals surface area contributed by atoms with Crippen LogP contribution in [0.5, 0.6) is 11.5 Å². The van der Waals surface area contributed by atoms with E-state index in [9.17, 15) is 9.18 Å². The van der Waals surface area contributed by atoms with Gasteiger partial charge < -0.3 is 9.47 Å². The van der Waals surface area contributed by atoms with Crippen molar-refractivity contribution in [1.82, 2.24) is 10.2 Å². The number of carbonyl (C=O) groups excluding carboxylic acids is 1. The van der Waals surface area contributed by atoms with Crippen LogP contribution in [-0.4, -0.2) is 30.3 Å². The van der Waals surface area contributed by atoms with E-state index in [-0.39, 0.29) is 11.4 Å². The van der Waals surface area contributed by atoms with Gasteiger partial charge in [0.2, 0.25) is 5.13 Å². The van der Waals surface area contributed by atoms with Crippen LogP contribution in [0, 0.1) is 5.82 Å². The molecule has 0 atom stereocenters. The highest BCUT2D eigenvalue weighted by molar-refractivity contribution is 7.15. The third kappa shape index (κ3) is 3.97. The number of halogens is 1. The molecule has 0 aliphatic rings. The van der Waals surface area contributed by atoms with Crippen LogP contribution in [0.3, 0.4) is 0 Å². The maximum Gasteiger partial charge on any atom is 0.265 e. The molecule has 8 heteroatoms. The van der Waals surface area contributed by atoms with E-state index in [1.165, 1.54) is 37.7 Å². The van der Waals surface area contributed by atoms with E-state index in [0.717, 1.165) is 5.56 Å². The summed E-state index contributed by atoms with van der Waals surface area (Å²) >= 11 is 1.25. The lowest BCUT2D eigenvalue weighted by Gasteiger charge is -2.11. The van der Waals surface area contributed by atoms with Crippen molar-refractivity contribution in [2.75, 3.05) is 19.5 Å². The van der Waals surface area contributed by atoms with Gasteiger partial charge in [-0.15, -0.1) is 10.2 Å². The van der Waals surface area contributed by atoms with E-state index < -0.39 is 5.91 Å². The van der Waals surface area contributed by atoms with Gasteiger partial charge in [0.15, 0.2) is 0 Å². The predicted octanol–water partition coefficient (Wildman–Crippen LogP) is 3.54. The van der Waals surface area contributed by atoms with Crippen LogP contribution in [0.4, 0.5) is 9.52 Å². The molecule has 6 nitrogen and oxygen atoms in total. The quantitative estimate of drug-likeness (QED) is 0.715. The van der Waals surface area contributed by atoms with Crippen LogP contribution in [0.25, 0.3) is 0 Å². The summed E-state index contributed by atoms with van der Waals surface area (Å²) in [5.74, 6) is 0.115. The van der Waals surface area contributed by atoms with E-state index >= 15 is 0 Å².